The molecule has 0 saturated carbocycles. The minimum atomic E-state index is -0.140. The van der Waals surface area contributed by atoms with Gasteiger partial charge < -0.3 is 14.8 Å². The van der Waals surface area contributed by atoms with Crippen LogP contribution in [0.15, 0.2) is 53.3 Å². The van der Waals surface area contributed by atoms with E-state index in [-0.39, 0.29) is 24.0 Å². The first kappa shape index (κ1) is 21.9. The summed E-state index contributed by atoms with van der Waals surface area (Å²) in [5, 5.41) is 8.18. The Balaban J connectivity index is 0.00000256. The fourth-order valence-corrected chi connectivity index (χ4v) is 3.81. The lowest BCUT2D eigenvalue weighted by Gasteiger charge is -2.22. The Labute approximate surface area is 182 Å². The smallest absolute Gasteiger partial charge is 0.350 e. The van der Waals surface area contributed by atoms with E-state index in [1.807, 2.05) is 48.5 Å². The minimum absolute atomic E-state index is 0. The normalized spacial score (nSPS) is 16.0. The highest BCUT2D eigenvalue weighted by Crippen LogP contribution is 2.25. The van der Waals surface area contributed by atoms with E-state index in [1.165, 1.54) is 4.68 Å². The fraction of sp³-hybridized carbons (Fsp3) is 0.364. The maximum atomic E-state index is 13.3. The monoisotopic (exact) mass is 430 g/mol. The SMILES string of the molecule is COc1cc(Cn2nc(C3CCCNC3)n(-c3ccccc3)c2=O)cc(OC)c1.Cl. The van der Waals surface area contributed by atoms with Gasteiger partial charge in [0.25, 0.3) is 0 Å². The van der Waals surface area contributed by atoms with E-state index in [0.29, 0.717) is 18.0 Å². The molecular weight excluding hydrogens is 404 g/mol. The zero-order valence-electron chi connectivity index (χ0n) is 17.2. The van der Waals surface area contributed by atoms with Crippen LogP contribution in [0.3, 0.4) is 0 Å². The first-order chi connectivity index (χ1) is 14.2. The molecule has 30 heavy (non-hydrogen) atoms. The number of rotatable bonds is 6. The van der Waals surface area contributed by atoms with Crippen LogP contribution in [0.1, 0.15) is 30.1 Å². The number of halogens is 1. The molecular formula is C22H27ClN4O3. The third-order valence-corrected chi connectivity index (χ3v) is 5.28. The van der Waals surface area contributed by atoms with Crippen molar-refractivity contribution in [1.82, 2.24) is 19.7 Å². The number of hydrogen-bond donors (Lipinski definition) is 1. The molecule has 1 aromatic heterocycles. The lowest BCUT2D eigenvalue weighted by molar-refractivity contribution is 0.393. The maximum absolute atomic E-state index is 13.3. The molecule has 1 saturated heterocycles. The third-order valence-electron chi connectivity index (χ3n) is 5.28. The fourth-order valence-electron chi connectivity index (χ4n) is 3.81. The van der Waals surface area contributed by atoms with Gasteiger partial charge in [-0.05, 0) is 49.2 Å². The molecule has 2 heterocycles. The number of ether oxygens (including phenoxy) is 2. The molecule has 160 valence electrons. The van der Waals surface area contributed by atoms with Crippen molar-refractivity contribution >= 4 is 12.4 Å². The Morgan fingerprint density at radius 2 is 1.80 bits per heavy atom. The molecule has 1 fully saturated rings. The summed E-state index contributed by atoms with van der Waals surface area (Å²) >= 11 is 0. The summed E-state index contributed by atoms with van der Waals surface area (Å²) in [4.78, 5) is 13.3. The zero-order chi connectivity index (χ0) is 20.2. The largest absolute Gasteiger partial charge is 0.497 e. The standard InChI is InChI=1S/C22H26N4O3.ClH/c1-28-19-11-16(12-20(13-19)29-2)15-25-22(27)26(18-8-4-3-5-9-18)21(24-25)17-7-6-10-23-14-17;/h3-5,8-9,11-13,17,23H,6-7,10,14-15H2,1-2H3;1H. The molecule has 1 unspecified atom stereocenters. The number of piperidine rings is 1. The molecule has 0 aliphatic carbocycles. The first-order valence-electron chi connectivity index (χ1n) is 9.87. The van der Waals surface area contributed by atoms with Crippen molar-refractivity contribution in [3.8, 4) is 17.2 Å². The molecule has 7 nitrogen and oxygen atoms in total. The topological polar surface area (TPSA) is 70.3 Å². The predicted octanol–water partition coefficient (Wildman–Crippen LogP) is 2.99. The molecule has 0 bridgehead atoms. The Morgan fingerprint density at radius 3 is 2.40 bits per heavy atom. The molecule has 8 heteroatoms. The number of methoxy groups -OCH3 is 2. The Hall–Kier alpha value is -2.77. The quantitative estimate of drug-likeness (QED) is 0.651. The second-order valence-corrected chi connectivity index (χ2v) is 7.23. The van der Waals surface area contributed by atoms with Crippen LogP contribution in [-0.4, -0.2) is 41.7 Å². The molecule has 1 aliphatic heterocycles. The van der Waals surface area contributed by atoms with Gasteiger partial charge in [0, 0.05) is 18.5 Å². The summed E-state index contributed by atoms with van der Waals surface area (Å²) in [6.45, 7) is 2.19. The van der Waals surface area contributed by atoms with Gasteiger partial charge in [-0.25, -0.2) is 14.0 Å². The molecule has 1 aliphatic rings. The summed E-state index contributed by atoms with van der Waals surface area (Å²) in [6, 6.07) is 15.3. The molecule has 0 spiro atoms. The van der Waals surface area contributed by atoms with Crippen molar-refractivity contribution in [3.05, 3.63) is 70.4 Å². The highest BCUT2D eigenvalue weighted by Gasteiger charge is 2.25. The molecule has 4 rings (SSSR count). The van der Waals surface area contributed by atoms with Gasteiger partial charge in [0.2, 0.25) is 0 Å². The molecule has 2 aromatic carbocycles. The van der Waals surface area contributed by atoms with Crippen LogP contribution < -0.4 is 20.5 Å². The first-order valence-corrected chi connectivity index (χ1v) is 9.87. The van der Waals surface area contributed by atoms with Gasteiger partial charge in [-0.1, -0.05) is 18.2 Å². The van der Waals surface area contributed by atoms with Crippen molar-refractivity contribution in [1.29, 1.82) is 0 Å². The van der Waals surface area contributed by atoms with Crippen molar-refractivity contribution in [2.75, 3.05) is 27.3 Å². The van der Waals surface area contributed by atoms with Crippen molar-refractivity contribution in [3.63, 3.8) is 0 Å². The number of nitrogens with zero attached hydrogens (tertiary/aromatic N) is 3. The summed E-state index contributed by atoms with van der Waals surface area (Å²) in [5.41, 5.74) is 1.60. The molecule has 0 radical (unpaired) electrons. The lowest BCUT2D eigenvalue weighted by Crippen LogP contribution is -2.31. The van der Waals surface area contributed by atoms with Crippen LogP contribution in [0.4, 0.5) is 0 Å². The molecule has 3 aromatic rings. The summed E-state index contributed by atoms with van der Waals surface area (Å²) in [6.07, 6.45) is 2.09. The lowest BCUT2D eigenvalue weighted by atomic mass is 9.99. The van der Waals surface area contributed by atoms with Gasteiger partial charge in [0.15, 0.2) is 0 Å². The van der Waals surface area contributed by atoms with E-state index in [0.717, 1.165) is 43.0 Å². The van der Waals surface area contributed by atoms with Crippen LogP contribution in [0.2, 0.25) is 0 Å². The predicted molar refractivity (Wildman–Crippen MR) is 119 cm³/mol. The van der Waals surface area contributed by atoms with Crippen LogP contribution in [0.25, 0.3) is 5.69 Å². The number of benzene rings is 2. The second kappa shape index (κ2) is 9.82. The zero-order valence-corrected chi connectivity index (χ0v) is 18.0. The number of aromatic nitrogens is 3. The van der Waals surface area contributed by atoms with Crippen LogP contribution >= 0.6 is 12.4 Å². The van der Waals surface area contributed by atoms with Crippen molar-refractivity contribution < 1.29 is 9.47 Å². The maximum Gasteiger partial charge on any atom is 0.350 e. The van der Waals surface area contributed by atoms with Gasteiger partial charge in [-0.2, -0.15) is 5.10 Å². The Morgan fingerprint density at radius 1 is 1.10 bits per heavy atom. The number of hydrogen-bond acceptors (Lipinski definition) is 5. The Kier molecular flexibility index (Phi) is 7.18. The second-order valence-electron chi connectivity index (χ2n) is 7.23. The molecule has 0 amide bonds. The van der Waals surface area contributed by atoms with E-state index in [1.54, 1.807) is 18.8 Å². The highest BCUT2D eigenvalue weighted by molar-refractivity contribution is 5.85. The highest BCUT2D eigenvalue weighted by atomic mass is 35.5. The summed E-state index contributed by atoms with van der Waals surface area (Å²) < 4.78 is 14.0. The van der Waals surface area contributed by atoms with Crippen molar-refractivity contribution in [2.24, 2.45) is 0 Å². The van der Waals surface area contributed by atoms with Gasteiger partial charge >= 0.3 is 5.69 Å². The molecule has 1 atom stereocenters. The van der Waals surface area contributed by atoms with Gasteiger partial charge in [0.05, 0.1) is 26.5 Å². The van der Waals surface area contributed by atoms with E-state index >= 15 is 0 Å². The summed E-state index contributed by atoms with van der Waals surface area (Å²) in [7, 11) is 3.23. The average Bonchev–Trinajstić information content (AvgIpc) is 3.10. The van der Waals surface area contributed by atoms with Crippen molar-refractivity contribution in [2.45, 2.75) is 25.3 Å². The van der Waals surface area contributed by atoms with Gasteiger partial charge in [0.1, 0.15) is 17.3 Å². The van der Waals surface area contributed by atoms with Crippen LogP contribution in [0.5, 0.6) is 11.5 Å². The van der Waals surface area contributed by atoms with E-state index in [9.17, 15) is 4.79 Å². The van der Waals surface area contributed by atoms with Gasteiger partial charge in [-0.3, -0.25) is 0 Å². The van der Waals surface area contributed by atoms with Gasteiger partial charge in [-0.15, -0.1) is 12.4 Å². The average molecular weight is 431 g/mol. The minimum Gasteiger partial charge on any atom is -0.497 e. The van der Waals surface area contributed by atoms with E-state index < -0.39 is 0 Å². The van der Waals surface area contributed by atoms with Crippen LogP contribution in [0, 0.1) is 0 Å². The number of para-hydroxylation sites is 1. The third kappa shape index (κ3) is 4.52. The van der Waals surface area contributed by atoms with E-state index in [2.05, 4.69) is 5.32 Å². The molecule has 1 N–H and O–H groups in total. The number of nitrogens with one attached hydrogen (secondary N) is 1. The van der Waals surface area contributed by atoms with Crippen LogP contribution in [-0.2, 0) is 6.54 Å². The Bertz CT molecular complexity index is 1000. The summed E-state index contributed by atoms with van der Waals surface area (Å²) in [5.74, 6) is 2.39. The van der Waals surface area contributed by atoms with E-state index in [4.69, 9.17) is 14.6 Å².